The summed E-state index contributed by atoms with van der Waals surface area (Å²) in [6, 6.07) is 5.49. The number of hydrogen-bond donors (Lipinski definition) is 0. The lowest BCUT2D eigenvalue weighted by molar-refractivity contribution is -0.126. The fraction of sp³-hybridized carbons (Fsp3) is 0.375. The minimum Gasteiger partial charge on any atom is -0.300 e. The van der Waals surface area contributed by atoms with Crippen molar-refractivity contribution in [2.45, 2.75) is 27.2 Å². The van der Waals surface area contributed by atoms with E-state index in [0.717, 1.165) is 5.56 Å². The standard InChI is InChI=1S/C16H17NO3S/c1-9-5-4-6-13-14(9)15(20)17(16(13)21)8-12(19)7-10(2)11(3)18/h4-6,10H,7-8H2,1-3H3. The minimum atomic E-state index is -0.326. The zero-order valence-electron chi connectivity index (χ0n) is 12.3. The molecule has 1 unspecified atom stereocenters. The molecule has 0 spiro atoms. The van der Waals surface area contributed by atoms with Crippen molar-refractivity contribution in [3.8, 4) is 0 Å². The van der Waals surface area contributed by atoms with E-state index in [9.17, 15) is 14.4 Å². The summed E-state index contributed by atoms with van der Waals surface area (Å²) in [5, 5.41) is 0. The van der Waals surface area contributed by atoms with Gasteiger partial charge in [-0.25, -0.2) is 0 Å². The number of ketones is 2. The van der Waals surface area contributed by atoms with Gasteiger partial charge in [-0.05, 0) is 19.4 Å². The Morgan fingerprint density at radius 3 is 2.57 bits per heavy atom. The minimum absolute atomic E-state index is 0.0298. The zero-order valence-corrected chi connectivity index (χ0v) is 13.1. The van der Waals surface area contributed by atoms with Gasteiger partial charge in [0.25, 0.3) is 5.91 Å². The number of amides is 1. The maximum Gasteiger partial charge on any atom is 0.260 e. The summed E-state index contributed by atoms with van der Waals surface area (Å²) in [6.45, 7) is 4.96. The second-order valence-electron chi connectivity index (χ2n) is 5.45. The van der Waals surface area contributed by atoms with Crippen LogP contribution in [0.3, 0.4) is 0 Å². The van der Waals surface area contributed by atoms with E-state index in [1.54, 1.807) is 13.0 Å². The molecule has 5 heteroatoms. The number of aryl methyl sites for hydroxylation is 1. The molecule has 1 amide bonds. The first-order chi connectivity index (χ1) is 9.82. The van der Waals surface area contributed by atoms with Crippen molar-refractivity contribution in [3.05, 3.63) is 34.9 Å². The van der Waals surface area contributed by atoms with Gasteiger partial charge in [0.15, 0.2) is 5.78 Å². The van der Waals surface area contributed by atoms with Crippen molar-refractivity contribution in [1.82, 2.24) is 4.90 Å². The molecular formula is C16H17NO3S. The van der Waals surface area contributed by atoms with Crippen LogP contribution in [0.2, 0.25) is 0 Å². The van der Waals surface area contributed by atoms with Gasteiger partial charge in [0.05, 0.1) is 12.1 Å². The Hall–Kier alpha value is -1.88. The van der Waals surface area contributed by atoms with Crippen LogP contribution in [0, 0.1) is 12.8 Å². The quantitative estimate of drug-likeness (QED) is 0.783. The van der Waals surface area contributed by atoms with E-state index in [2.05, 4.69) is 0 Å². The van der Waals surface area contributed by atoms with Crippen LogP contribution in [0.25, 0.3) is 0 Å². The Bertz CT molecular complexity index is 651. The first-order valence-electron chi connectivity index (χ1n) is 6.81. The van der Waals surface area contributed by atoms with Crippen molar-refractivity contribution < 1.29 is 14.4 Å². The first-order valence-corrected chi connectivity index (χ1v) is 7.21. The molecule has 4 nitrogen and oxygen atoms in total. The number of carbonyl (C=O) groups excluding carboxylic acids is 3. The molecule has 0 bridgehead atoms. The predicted octanol–water partition coefficient (Wildman–Crippen LogP) is 2.31. The Morgan fingerprint density at radius 1 is 1.33 bits per heavy atom. The number of hydrogen-bond acceptors (Lipinski definition) is 4. The highest BCUT2D eigenvalue weighted by Crippen LogP contribution is 2.26. The van der Waals surface area contributed by atoms with Gasteiger partial charge < -0.3 is 0 Å². The third-order valence-corrected chi connectivity index (χ3v) is 4.21. The summed E-state index contributed by atoms with van der Waals surface area (Å²) >= 11 is 5.30. The van der Waals surface area contributed by atoms with Crippen LogP contribution in [0.5, 0.6) is 0 Å². The molecule has 0 saturated heterocycles. The highest BCUT2D eigenvalue weighted by Gasteiger charge is 2.34. The average Bonchev–Trinajstić information content (AvgIpc) is 2.65. The Labute approximate surface area is 129 Å². The number of benzene rings is 1. The zero-order chi connectivity index (χ0) is 15.7. The lowest BCUT2D eigenvalue weighted by Gasteiger charge is -2.16. The molecule has 1 aromatic carbocycles. The normalized spacial score (nSPS) is 15.1. The van der Waals surface area contributed by atoms with Crippen molar-refractivity contribution in [2.75, 3.05) is 6.54 Å². The lowest BCUT2D eigenvalue weighted by Crippen LogP contribution is -2.35. The van der Waals surface area contributed by atoms with E-state index in [0.29, 0.717) is 16.1 Å². The van der Waals surface area contributed by atoms with Crippen LogP contribution in [0.1, 0.15) is 41.8 Å². The molecule has 2 rings (SSSR count). The molecule has 1 atom stereocenters. The predicted molar refractivity (Wildman–Crippen MR) is 83.4 cm³/mol. The number of fused-ring (bicyclic) bond motifs is 1. The molecule has 0 fully saturated rings. The van der Waals surface area contributed by atoms with Gasteiger partial charge in [0.1, 0.15) is 10.8 Å². The summed E-state index contributed by atoms with van der Waals surface area (Å²) in [5.41, 5.74) is 2.14. The third-order valence-electron chi connectivity index (χ3n) is 3.77. The maximum atomic E-state index is 12.4. The fourth-order valence-electron chi connectivity index (χ4n) is 2.37. The van der Waals surface area contributed by atoms with E-state index in [-0.39, 0.29) is 36.4 Å². The van der Waals surface area contributed by atoms with E-state index in [4.69, 9.17) is 12.2 Å². The third kappa shape index (κ3) is 2.93. The maximum absolute atomic E-state index is 12.4. The Balaban J connectivity index is 2.15. The molecular weight excluding hydrogens is 286 g/mol. The molecule has 0 aliphatic carbocycles. The van der Waals surface area contributed by atoms with Gasteiger partial charge in [-0.1, -0.05) is 37.3 Å². The van der Waals surface area contributed by atoms with Gasteiger partial charge >= 0.3 is 0 Å². The van der Waals surface area contributed by atoms with Crippen LogP contribution in [-0.4, -0.2) is 33.9 Å². The second-order valence-corrected chi connectivity index (χ2v) is 5.84. The van der Waals surface area contributed by atoms with Crippen LogP contribution in [0.15, 0.2) is 18.2 Å². The van der Waals surface area contributed by atoms with Crippen LogP contribution in [0.4, 0.5) is 0 Å². The Morgan fingerprint density at radius 2 is 2.00 bits per heavy atom. The summed E-state index contributed by atoms with van der Waals surface area (Å²) in [6.07, 6.45) is 0.136. The summed E-state index contributed by atoms with van der Waals surface area (Å²) < 4.78 is 0. The largest absolute Gasteiger partial charge is 0.300 e. The molecule has 1 aliphatic rings. The van der Waals surface area contributed by atoms with Crippen molar-refractivity contribution >= 4 is 34.7 Å². The fourth-order valence-corrected chi connectivity index (χ4v) is 2.69. The van der Waals surface area contributed by atoms with Crippen molar-refractivity contribution in [3.63, 3.8) is 0 Å². The van der Waals surface area contributed by atoms with E-state index in [1.807, 2.05) is 19.1 Å². The lowest BCUT2D eigenvalue weighted by atomic mass is 10.0. The van der Waals surface area contributed by atoms with Crippen molar-refractivity contribution in [2.24, 2.45) is 5.92 Å². The summed E-state index contributed by atoms with van der Waals surface area (Å²) in [5.74, 6) is -0.735. The van der Waals surface area contributed by atoms with E-state index < -0.39 is 0 Å². The van der Waals surface area contributed by atoms with Crippen LogP contribution >= 0.6 is 12.2 Å². The number of thiocarbonyl (C=S) groups is 1. The topological polar surface area (TPSA) is 54.5 Å². The summed E-state index contributed by atoms with van der Waals surface area (Å²) in [7, 11) is 0. The monoisotopic (exact) mass is 303 g/mol. The SMILES string of the molecule is CC(=O)C(C)CC(=O)CN1C(=O)c2c(C)cccc2C1=S. The smallest absolute Gasteiger partial charge is 0.260 e. The molecule has 1 aromatic rings. The van der Waals surface area contributed by atoms with Gasteiger partial charge in [-0.3, -0.25) is 19.3 Å². The first kappa shape index (κ1) is 15.5. The van der Waals surface area contributed by atoms with Gasteiger partial charge in [-0.15, -0.1) is 0 Å². The van der Waals surface area contributed by atoms with Gasteiger partial charge in [0.2, 0.25) is 0 Å². The van der Waals surface area contributed by atoms with Gasteiger partial charge in [-0.2, -0.15) is 0 Å². The molecule has 1 heterocycles. The molecule has 1 aliphatic heterocycles. The number of rotatable bonds is 5. The molecule has 0 N–H and O–H groups in total. The average molecular weight is 303 g/mol. The molecule has 0 radical (unpaired) electrons. The van der Waals surface area contributed by atoms with Gasteiger partial charge in [0, 0.05) is 17.9 Å². The molecule has 0 aromatic heterocycles. The number of nitrogens with zero attached hydrogens (tertiary/aromatic N) is 1. The second kappa shape index (κ2) is 5.85. The Kier molecular flexibility index (Phi) is 4.32. The summed E-state index contributed by atoms with van der Waals surface area (Å²) in [4.78, 5) is 37.4. The van der Waals surface area contributed by atoms with E-state index >= 15 is 0 Å². The molecule has 21 heavy (non-hydrogen) atoms. The number of Topliss-reactive ketones (excluding diaryl/α,β-unsaturated/α-hetero) is 2. The van der Waals surface area contributed by atoms with Crippen LogP contribution < -0.4 is 0 Å². The van der Waals surface area contributed by atoms with Crippen LogP contribution in [-0.2, 0) is 9.59 Å². The number of carbonyl (C=O) groups is 3. The molecule has 110 valence electrons. The highest BCUT2D eigenvalue weighted by atomic mass is 32.1. The highest BCUT2D eigenvalue weighted by molar-refractivity contribution is 7.80. The van der Waals surface area contributed by atoms with Crippen molar-refractivity contribution in [1.29, 1.82) is 0 Å². The van der Waals surface area contributed by atoms with E-state index in [1.165, 1.54) is 11.8 Å². The molecule has 0 saturated carbocycles.